The van der Waals surface area contributed by atoms with Crippen molar-refractivity contribution in [1.82, 2.24) is 14.9 Å². The maximum absolute atomic E-state index is 12.2. The van der Waals surface area contributed by atoms with E-state index in [1.807, 2.05) is 19.2 Å². The van der Waals surface area contributed by atoms with Crippen LogP contribution in [0.2, 0.25) is 0 Å². The summed E-state index contributed by atoms with van der Waals surface area (Å²) in [7, 11) is 1.67. The second-order valence-corrected chi connectivity index (χ2v) is 6.49. The zero-order chi connectivity index (χ0) is 15.6. The van der Waals surface area contributed by atoms with E-state index in [1.54, 1.807) is 13.1 Å². The molecule has 0 radical (unpaired) electrons. The van der Waals surface area contributed by atoms with Crippen LogP contribution in [0.5, 0.6) is 0 Å². The minimum absolute atomic E-state index is 0.142. The molecule has 0 aromatic carbocycles. The Balaban J connectivity index is 2.12. The summed E-state index contributed by atoms with van der Waals surface area (Å²) in [4.78, 5) is 32.6. The van der Waals surface area contributed by atoms with Crippen LogP contribution < -0.4 is 11.3 Å². The lowest BCUT2D eigenvalue weighted by molar-refractivity contribution is -0.132. The second kappa shape index (κ2) is 6.36. The van der Waals surface area contributed by atoms with Gasteiger partial charge in [-0.25, -0.2) is 4.98 Å². The third-order valence-corrected chi connectivity index (χ3v) is 4.07. The van der Waals surface area contributed by atoms with E-state index >= 15 is 0 Å². The zero-order valence-electron chi connectivity index (χ0n) is 12.4. The van der Waals surface area contributed by atoms with Crippen molar-refractivity contribution in [3.05, 3.63) is 27.6 Å². The number of nitrogens with zero attached hydrogens (tertiary/aromatic N) is 2. The van der Waals surface area contributed by atoms with Gasteiger partial charge < -0.3 is 15.6 Å². The number of amides is 1. The van der Waals surface area contributed by atoms with Crippen LogP contribution in [0.1, 0.15) is 26.1 Å². The lowest BCUT2D eigenvalue weighted by atomic mass is 10.0. The van der Waals surface area contributed by atoms with Gasteiger partial charge >= 0.3 is 0 Å². The van der Waals surface area contributed by atoms with Gasteiger partial charge in [-0.05, 0) is 23.8 Å². The third kappa shape index (κ3) is 3.68. The number of rotatable bonds is 5. The fourth-order valence-electron chi connectivity index (χ4n) is 2.19. The van der Waals surface area contributed by atoms with Crippen LogP contribution in [0.4, 0.5) is 0 Å². The Bertz CT molecular complexity index is 692. The molecule has 0 bridgehead atoms. The monoisotopic (exact) mass is 308 g/mol. The van der Waals surface area contributed by atoms with Gasteiger partial charge in [0.2, 0.25) is 5.91 Å². The van der Waals surface area contributed by atoms with Crippen LogP contribution >= 0.6 is 11.3 Å². The molecule has 0 aliphatic carbocycles. The highest BCUT2D eigenvalue weighted by atomic mass is 32.1. The van der Waals surface area contributed by atoms with Crippen molar-refractivity contribution in [2.45, 2.75) is 32.9 Å². The van der Waals surface area contributed by atoms with Gasteiger partial charge in [0.15, 0.2) is 0 Å². The summed E-state index contributed by atoms with van der Waals surface area (Å²) in [5.41, 5.74) is 6.38. The van der Waals surface area contributed by atoms with E-state index in [1.165, 1.54) is 16.2 Å². The van der Waals surface area contributed by atoms with E-state index in [9.17, 15) is 9.59 Å². The molecule has 6 nitrogen and oxygen atoms in total. The molecule has 1 atom stereocenters. The van der Waals surface area contributed by atoms with Crippen LogP contribution in [0.25, 0.3) is 10.2 Å². The fourth-order valence-corrected chi connectivity index (χ4v) is 2.92. The van der Waals surface area contributed by atoms with Crippen molar-refractivity contribution in [1.29, 1.82) is 0 Å². The number of nitrogens with one attached hydrogen (secondary N) is 1. The summed E-state index contributed by atoms with van der Waals surface area (Å²) in [5.74, 6) is 0.688. The van der Waals surface area contributed by atoms with Gasteiger partial charge in [-0.2, -0.15) is 0 Å². The Morgan fingerprint density at radius 1 is 1.52 bits per heavy atom. The first-order valence-electron chi connectivity index (χ1n) is 6.85. The number of hydrogen-bond acceptors (Lipinski definition) is 5. The minimum atomic E-state index is -0.522. The van der Waals surface area contributed by atoms with E-state index in [-0.39, 0.29) is 18.0 Å². The molecule has 0 saturated heterocycles. The molecule has 2 heterocycles. The Hall–Kier alpha value is -1.73. The van der Waals surface area contributed by atoms with E-state index in [0.29, 0.717) is 28.4 Å². The van der Waals surface area contributed by atoms with Gasteiger partial charge in [0.05, 0.1) is 18.1 Å². The number of carbonyl (C=O) groups is 1. The minimum Gasteiger partial charge on any atom is -0.337 e. The normalized spacial score (nSPS) is 12.8. The van der Waals surface area contributed by atoms with Gasteiger partial charge in [-0.1, -0.05) is 13.8 Å². The van der Waals surface area contributed by atoms with E-state index in [4.69, 9.17) is 5.73 Å². The highest BCUT2D eigenvalue weighted by molar-refractivity contribution is 7.17. The molecular weight excluding hydrogens is 288 g/mol. The van der Waals surface area contributed by atoms with Gasteiger partial charge in [0, 0.05) is 7.05 Å². The molecule has 0 spiro atoms. The molecule has 3 N–H and O–H groups in total. The third-order valence-electron chi connectivity index (χ3n) is 3.17. The summed E-state index contributed by atoms with van der Waals surface area (Å²) in [6, 6.07) is 1.28. The van der Waals surface area contributed by atoms with Gasteiger partial charge in [-0.3, -0.25) is 9.59 Å². The summed E-state index contributed by atoms with van der Waals surface area (Å²) in [5, 5.41) is 1.82. The molecular formula is C14H20N4O2S. The van der Waals surface area contributed by atoms with Crippen molar-refractivity contribution in [2.75, 3.05) is 7.05 Å². The van der Waals surface area contributed by atoms with Gasteiger partial charge in [-0.15, -0.1) is 11.3 Å². The SMILES string of the molecule is CC(C)C[C@H](N)C(=O)N(C)Cc1nc2ccsc2c(=O)[nH]1. The molecule has 2 aromatic rings. The molecule has 0 aliphatic heterocycles. The number of likely N-dealkylation sites (N-methyl/N-ethyl adjacent to an activating group) is 1. The van der Waals surface area contributed by atoms with E-state index in [2.05, 4.69) is 9.97 Å². The predicted molar refractivity (Wildman–Crippen MR) is 84.1 cm³/mol. The van der Waals surface area contributed by atoms with Crippen molar-refractivity contribution in [2.24, 2.45) is 11.7 Å². The molecule has 0 aliphatic rings. The number of aromatic amines is 1. The summed E-state index contributed by atoms with van der Waals surface area (Å²) in [6.07, 6.45) is 0.636. The summed E-state index contributed by atoms with van der Waals surface area (Å²) < 4.78 is 0.601. The van der Waals surface area contributed by atoms with Gasteiger partial charge in [0.25, 0.3) is 5.56 Å². The first-order chi connectivity index (χ1) is 9.88. The zero-order valence-corrected chi connectivity index (χ0v) is 13.2. The van der Waals surface area contributed by atoms with Crippen LogP contribution in [-0.4, -0.2) is 33.9 Å². The van der Waals surface area contributed by atoms with Crippen LogP contribution in [0.15, 0.2) is 16.2 Å². The van der Waals surface area contributed by atoms with Crippen molar-refractivity contribution < 1.29 is 4.79 Å². The maximum Gasteiger partial charge on any atom is 0.268 e. The Morgan fingerprint density at radius 2 is 2.24 bits per heavy atom. The summed E-state index contributed by atoms with van der Waals surface area (Å²) in [6.45, 7) is 4.29. The first kappa shape index (κ1) is 15.7. The standard InChI is InChI=1S/C14H20N4O2S/c1-8(2)6-9(15)14(20)18(3)7-11-16-10-4-5-21-12(10)13(19)17-11/h4-5,8-9H,6-7,15H2,1-3H3,(H,16,17,19)/t9-/m0/s1. The quantitative estimate of drug-likeness (QED) is 0.871. The molecule has 0 unspecified atom stereocenters. The number of fused-ring (bicyclic) bond motifs is 1. The molecule has 0 fully saturated rings. The Morgan fingerprint density at radius 3 is 2.90 bits per heavy atom. The Kier molecular flexibility index (Phi) is 4.74. The smallest absolute Gasteiger partial charge is 0.268 e. The molecule has 21 heavy (non-hydrogen) atoms. The van der Waals surface area contributed by atoms with Crippen molar-refractivity contribution in [3.8, 4) is 0 Å². The molecule has 7 heteroatoms. The molecule has 114 valence electrons. The second-order valence-electron chi connectivity index (χ2n) is 5.58. The fraction of sp³-hybridized carbons (Fsp3) is 0.500. The number of aromatic nitrogens is 2. The first-order valence-corrected chi connectivity index (χ1v) is 7.73. The molecule has 0 saturated carbocycles. The lowest BCUT2D eigenvalue weighted by Gasteiger charge is -2.21. The number of carbonyl (C=O) groups excluding carboxylic acids is 1. The van der Waals surface area contributed by atoms with Crippen LogP contribution in [0, 0.1) is 5.92 Å². The highest BCUT2D eigenvalue weighted by Gasteiger charge is 2.20. The number of thiophene rings is 1. The average Bonchev–Trinajstić information content (AvgIpc) is 2.85. The largest absolute Gasteiger partial charge is 0.337 e. The number of hydrogen-bond donors (Lipinski definition) is 2. The number of nitrogens with two attached hydrogens (primary N) is 1. The maximum atomic E-state index is 12.2. The summed E-state index contributed by atoms with van der Waals surface area (Å²) >= 11 is 1.35. The Labute approximate surface area is 127 Å². The van der Waals surface area contributed by atoms with E-state index in [0.717, 1.165) is 0 Å². The lowest BCUT2D eigenvalue weighted by Crippen LogP contribution is -2.42. The van der Waals surface area contributed by atoms with Gasteiger partial charge in [0.1, 0.15) is 10.5 Å². The predicted octanol–water partition coefficient (Wildman–Crippen LogP) is 1.32. The van der Waals surface area contributed by atoms with Crippen LogP contribution in [-0.2, 0) is 11.3 Å². The topological polar surface area (TPSA) is 92.1 Å². The molecule has 2 rings (SSSR count). The highest BCUT2D eigenvalue weighted by Crippen LogP contribution is 2.14. The van der Waals surface area contributed by atoms with Crippen molar-refractivity contribution in [3.63, 3.8) is 0 Å². The average molecular weight is 308 g/mol. The van der Waals surface area contributed by atoms with Crippen molar-refractivity contribution >= 4 is 27.5 Å². The molecule has 1 amide bonds. The molecule has 2 aromatic heterocycles. The van der Waals surface area contributed by atoms with E-state index < -0.39 is 6.04 Å². The number of H-pyrrole nitrogens is 1. The van der Waals surface area contributed by atoms with Crippen LogP contribution in [0.3, 0.4) is 0 Å².